The first-order chi connectivity index (χ1) is 9.45. The Morgan fingerprint density at radius 1 is 1.20 bits per heavy atom. The van der Waals surface area contributed by atoms with Crippen LogP contribution in [0, 0.1) is 10.8 Å². The summed E-state index contributed by atoms with van der Waals surface area (Å²) in [5.41, 5.74) is 6.50. The van der Waals surface area contributed by atoms with Gasteiger partial charge in [-0.1, -0.05) is 32.4 Å². The molecule has 0 aliphatic carbocycles. The molecule has 0 saturated carbocycles. The zero-order valence-electron chi connectivity index (χ0n) is 12.7. The van der Waals surface area contributed by atoms with Gasteiger partial charge in [-0.3, -0.25) is 5.41 Å². The Morgan fingerprint density at radius 2 is 1.85 bits per heavy atom. The molecular formula is C16H26N2O2. The lowest BCUT2D eigenvalue weighted by Crippen LogP contribution is -2.30. The van der Waals surface area contributed by atoms with E-state index in [1.54, 1.807) is 7.11 Å². The SMILES string of the molecule is COc1ccc(COCCCCC(C)(C)C(=N)N)cc1. The Bertz CT molecular complexity index is 413. The van der Waals surface area contributed by atoms with Crippen molar-refractivity contribution in [3.63, 3.8) is 0 Å². The van der Waals surface area contributed by atoms with Gasteiger partial charge in [0.2, 0.25) is 0 Å². The smallest absolute Gasteiger partial charge is 0.118 e. The van der Waals surface area contributed by atoms with E-state index >= 15 is 0 Å². The van der Waals surface area contributed by atoms with E-state index < -0.39 is 0 Å². The van der Waals surface area contributed by atoms with Crippen molar-refractivity contribution in [2.45, 2.75) is 39.7 Å². The second-order valence-corrected chi connectivity index (χ2v) is 5.66. The van der Waals surface area contributed by atoms with Crippen LogP contribution in [0.4, 0.5) is 0 Å². The standard InChI is InChI=1S/C16H26N2O2/c1-16(2,15(17)18)10-4-5-11-20-12-13-6-8-14(19-3)9-7-13/h6-9H,4-5,10-12H2,1-3H3,(H3,17,18). The van der Waals surface area contributed by atoms with E-state index in [0.717, 1.165) is 37.2 Å². The molecule has 1 aromatic rings. The van der Waals surface area contributed by atoms with Crippen molar-refractivity contribution in [1.29, 1.82) is 5.41 Å². The van der Waals surface area contributed by atoms with Crippen molar-refractivity contribution in [3.8, 4) is 5.75 Å². The lowest BCUT2D eigenvalue weighted by atomic mass is 9.86. The number of hydrogen-bond acceptors (Lipinski definition) is 3. The first-order valence-corrected chi connectivity index (χ1v) is 7.01. The second kappa shape index (κ2) is 7.90. The largest absolute Gasteiger partial charge is 0.497 e. The van der Waals surface area contributed by atoms with Crippen molar-refractivity contribution < 1.29 is 9.47 Å². The number of amidine groups is 1. The summed E-state index contributed by atoms with van der Waals surface area (Å²) >= 11 is 0. The van der Waals surface area contributed by atoms with Gasteiger partial charge in [-0.2, -0.15) is 0 Å². The van der Waals surface area contributed by atoms with Crippen LogP contribution < -0.4 is 10.5 Å². The number of unbranched alkanes of at least 4 members (excludes halogenated alkanes) is 1. The lowest BCUT2D eigenvalue weighted by molar-refractivity contribution is 0.115. The summed E-state index contributed by atoms with van der Waals surface area (Å²) in [5, 5.41) is 7.50. The molecule has 3 N–H and O–H groups in total. The van der Waals surface area contributed by atoms with Crippen molar-refractivity contribution >= 4 is 5.84 Å². The average molecular weight is 278 g/mol. The third-order valence-electron chi connectivity index (χ3n) is 3.50. The Hall–Kier alpha value is -1.55. The molecule has 0 aliphatic rings. The first-order valence-electron chi connectivity index (χ1n) is 7.01. The number of nitrogens with one attached hydrogen (secondary N) is 1. The highest BCUT2D eigenvalue weighted by Gasteiger charge is 2.20. The summed E-state index contributed by atoms with van der Waals surface area (Å²) < 4.78 is 10.8. The number of hydrogen-bond donors (Lipinski definition) is 2. The minimum atomic E-state index is -0.198. The quantitative estimate of drug-likeness (QED) is 0.413. The third-order valence-corrected chi connectivity index (χ3v) is 3.50. The molecule has 0 heterocycles. The van der Waals surface area contributed by atoms with Gasteiger partial charge in [0.05, 0.1) is 19.6 Å². The zero-order chi connectivity index (χ0) is 15.0. The molecule has 0 spiro atoms. The Morgan fingerprint density at radius 3 is 2.40 bits per heavy atom. The molecule has 0 unspecified atom stereocenters. The van der Waals surface area contributed by atoms with E-state index in [1.165, 1.54) is 0 Å². The number of rotatable bonds is 9. The van der Waals surface area contributed by atoms with Crippen molar-refractivity contribution in [2.24, 2.45) is 11.1 Å². The van der Waals surface area contributed by atoms with Gasteiger partial charge in [0.25, 0.3) is 0 Å². The number of ether oxygens (including phenoxy) is 2. The molecule has 0 amide bonds. The van der Waals surface area contributed by atoms with Crippen molar-refractivity contribution in [2.75, 3.05) is 13.7 Å². The van der Waals surface area contributed by atoms with Gasteiger partial charge in [-0.05, 0) is 30.5 Å². The Kier molecular flexibility index (Phi) is 6.52. The highest BCUT2D eigenvalue weighted by atomic mass is 16.5. The maximum atomic E-state index is 7.50. The van der Waals surface area contributed by atoms with Crippen LogP contribution in [0.25, 0.3) is 0 Å². The van der Waals surface area contributed by atoms with Gasteiger partial charge >= 0.3 is 0 Å². The van der Waals surface area contributed by atoms with Gasteiger partial charge in [0.1, 0.15) is 5.75 Å². The molecule has 4 nitrogen and oxygen atoms in total. The third kappa shape index (κ3) is 5.61. The summed E-state index contributed by atoms with van der Waals surface area (Å²) in [4.78, 5) is 0. The summed E-state index contributed by atoms with van der Waals surface area (Å²) in [7, 11) is 1.66. The highest BCUT2D eigenvalue weighted by molar-refractivity contribution is 5.82. The Balaban J connectivity index is 2.14. The summed E-state index contributed by atoms with van der Waals surface area (Å²) in [5.74, 6) is 1.12. The molecule has 0 aromatic heterocycles. The zero-order valence-corrected chi connectivity index (χ0v) is 12.7. The van der Waals surface area contributed by atoms with Gasteiger partial charge in [-0.25, -0.2) is 0 Å². The van der Waals surface area contributed by atoms with E-state index in [4.69, 9.17) is 20.6 Å². The molecule has 4 heteroatoms. The average Bonchev–Trinajstić information content (AvgIpc) is 2.43. The van der Waals surface area contributed by atoms with Crippen LogP contribution in [-0.4, -0.2) is 19.6 Å². The molecule has 0 saturated heterocycles. The van der Waals surface area contributed by atoms with Gasteiger partial charge in [0, 0.05) is 12.0 Å². The van der Waals surface area contributed by atoms with E-state index in [-0.39, 0.29) is 11.3 Å². The normalized spacial score (nSPS) is 11.3. The van der Waals surface area contributed by atoms with Gasteiger partial charge in [0.15, 0.2) is 0 Å². The van der Waals surface area contributed by atoms with Crippen LogP contribution in [0.5, 0.6) is 5.75 Å². The van der Waals surface area contributed by atoms with E-state index in [9.17, 15) is 0 Å². The van der Waals surface area contributed by atoms with Crippen LogP contribution >= 0.6 is 0 Å². The van der Waals surface area contributed by atoms with E-state index in [1.807, 2.05) is 38.1 Å². The monoisotopic (exact) mass is 278 g/mol. The molecule has 0 atom stereocenters. The molecule has 0 bridgehead atoms. The lowest BCUT2D eigenvalue weighted by Gasteiger charge is -2.22. The number of benzene rings is 1. The van der Waals surface area contributed by atoms with Crippen molar-refractivity contribution in [3.05, 3.63) is 29.8 Å². The Labute approximate surface area is 121 Å². The van der Waals surface area contributed by atoms with Crippen LogP contribution in [0.15, 0.2) is 24.3 Å². The van der Waals surface area contributed by atoms with Gasteiger partial charge in [-0.15, -0.1) is 0 Å². The molecule has 1 rings (SSSR count). The highest BCUT2D eigenvalue weighted by Crippen LogP contribution is 2.22. The topological polar surface area (TPSA) is 68.3 Å². The minimum absolute atomic E-state index is 0.198. The molecule has 0 fully saturated rings. The predicted molar refractivity (Wildman–Crippen MR) is 82.2 cm³/mol. The maximum absolute atomic E-state index is 7.50. The van der Waals surface area contributed by atoms with Crippen LogP contribution in [-0.2, 0) is 11.3 Å². The molecule has 0 aliphatic heterocycles. The predicted octanol–water partition coefficient (Wildman–Crippen LogP) is 3.34. The van der Waals surface area contributed by atoms with Crippen LogP contribution in [0.3, 0.4) is 0 Å². The fourth-order valence-corrected chi connectivity index (χ4v) is 1.82. The molecule has 20 heavy (non-hydrogen) atoms. The fraction of sp³-hybridized carbons (Fsp3) is 0.562. The fourth-order valence-electron chi connectivity index (χ4n) is 1.82. The molecular weight excluding hydrogens is 252 g/mol. The summed E-state index contributed by atoms with van der Waals surface area (Å²) in [6.45, 7) is 5.38. The van der Waals surface area contributed by atoms with Crippen LogP contribution in [0.2, 0.25) is 0 Å². The molecule has 0 radical (unpaired) electrons. The maximum Gasteiger partial charge on any atom is 0.118 e. The molecule has 1 aromatic carbocycles. The summed E-state index contributed by atoms with van der Waals surface area (Å²) in [6, 6.07) is 7.90. The number of nitrogens with two attached hydrogens (primary N) is 1. The van der Waals surface area contributed by atoms with Crippen LogP contribution in [0.1, 0.15) is 38.7 Å². The number of methoxy groups -OCH3 is 1. The van der Waals surface area contributed by atoms with E-state index in [0.29, 0.717) is 6.61 Å². The first kappa shape index (κ1) is 16.5. The van der Waals surface area contributed by atoms with Crippen molar-refractivity contribution in [1.82, 2.24) is 0 Å². The van der Waals surface area contributed by atoms with Gasteiger partial charge < -0.3 is 15.2 Å². The second-order valence-electron chi connectivity index (χ2n) is 5.66. The van der Waals surface area contributed by atoms with E-state index in [2.05, 4.69) is 0 Å². The molecule has 112 valence electrons. The minimum Gasteiger partial charge on any atom is -0.497 e. The summed E-state index contributed by atoms with van der Waals surface area (Å²) in [6.07, 6.45) is 2.94.